The monoisotopic (exact) mass is 342 g/mol. The SMILES string of the molecule is CC(C)(C)OC(=O)NCc1ccc(NC(=O)Oc2ccccc2)cc1. The first-order chi connectivity index (χ1) is 11.8. The van der Waals surface area contributed by atoms with E-state index in [9.17, 15) is 9.59 Å². The Bertz CT molecular complexity index is 706. The summed E-state index contributed by atoms with van der Waals surface area (Å²) in [6, 6.07) is 15.9. The molecule has 6 nitrogen and oxygen atoms in total. The summed E-state index contributed by atoms with van der Waals surface area (Å²) in [7, 11) is 0. The van der Waals surface area contributed by atoms with Crippen molar-refractivity contribution >= 4 is 17.9 Å². The maximum Gasteiger partial charge on any atom is 0.417 e. The van der Waals surface area contributed by atoms with Crippen LogP contribution in [-0.4, -0.2) is 17.8 Å². The van der Waals surface area contributed by atoms with Gasteiger partial charge in [0.15, 0.2) is 0 Å². The van der Waals surface area contributed by atoms with E-state index in [1.165, 1.54) is 0 Å². The van der Waals surface area contributed by atoms with Gasteiger partial charge in [-0.1, -0.05) is 30.3 Å². The van der Waals surface area contributed by atoms with Crippen LogP contribution in [-0.2, 0) is 11.3 Å². The fourth-order valence-electron chi connectivity index (χ4n) is 1.93. The van der Waals surface area contributed by atoms with E-state index in [1.54, 1.807) is 48.5 Å². The average molecular weight is 342 g/mol. The molecule has 0 aliphatic heterocycles. The van der Waals surface area contributed by atoms with E-state index < -0.39 is 17.8 Å². The zero-order valence-corrected chi connectivity index (χ0v) is 14.5. The summed E-state index contributed by atoms with van der Waals surface area (Å²) in [4.78, 5) is 23.4. The van der Waals surface area contributed by atoms with Crippen LogP contribution >= 0.6 is 0 Å². The average Bonchev–Trinajstić information content (AvgIpc) is 2.53. The Hall–Kier alpha value is -3.02. The Morgan fingerprint density at radius 2 is 1.56 bits per heavy atom. The molecule has 2 amide bonds. The number of alkyl carbamates (subject to hydrolysis) is 1. The highest BCUT2D eigenvalue weighted by Gasteiger charge is 2.15. The third-order valence-corrected chi connectivity index (χ3v) is 2.99. The van der Waals surface area contributed by atoms with Gasteiger partial charge in [0, 0.05) is 12.2 Å². The fraction of sp³-hybridized carbons (Fsp3) is 0.263. The summed E-state index contributed by atoms with van der Waals surface area (Å²) < 4.78 is 10.3. The topological polar surface area (TPSA) is 76.7 Å². The van der Waals surface area contributed by atoms with Crippen molar-refractivity contribution in [1.29, 1.82) is 0 Å². The highest BCUT2D eigenvalue weighted by molar-refractivity contribution is 5.86. The maximum absolute atomic E-state index is 11.8. The molecule has 0 spiro atoms. The number of hydrogen-bond donors (Lipinski definition) is 2. The van der Waals surface area contributed by atoms with Crippen LogP contribution in [0.2, 0.25) is 0 Å². The third-order valence-electron chi connectivity index (χ3n) is 2.99. The van der Waals surface area contributed by atoms with Gasteiger partial charge in [0.2, 0.25) is 0 Å². The van der Waals surface area contributed by atoms with E-state index in [0.29, 0.717) is 18.0 Å². The van der Waals surface area contributed by atoms with Crippen molar-refractivity contribution < 1.29 is 19.1 Å². The zero-order chi connectivity index (χ0) is 18.3. The van der Waals surface area contributed by atoms with E-state index in [4.69, 9.17) is 9.47 Å². The predicted molar refractivity (Wildman–Crippen MR) is 95.6 cm³/mol. The number of carbonyl (C=O) groups excluding carboxylic acids is 2. The predicted octanol–water partition coefficient (Wildman–Crippen LogP) is 4.32. The molecule has 0 saturated carbocycles. The zero-order valence-electron chi connectivity index (χ0n) is 14.5. The van der Waals surface area contributed by atoms with Crippen LogP contribution in [0.1, 0.15) is 26.3 Å². The van der Waals surface area contributed by atoms with Crippen LogP contribution in [0, 0.1) is 0 Å². The lowest BCUT2D eigenvalue weighted by Gasteiger charge is -2.19. The molecule has 0 unspecified atom stereocenters. The summed E-state index contributed by atoms with van der Waals surface area (Å²) in [6.07, 6.45) is -1.04. The third kappa shape index (κ3) is 6.95. The number of carbonyl (C=O) groups is 2. The van der Waals surface area contributed by atoms with Crippen LogP contribution in [0.5, 0.6) is 5.75 Å². The van der Waals surface area contributed by atoms with Crippen molar-refractivity contribution in [2.75, 3.05) is 5.32 Å². The van der Waals surface area contributed by atoms with Crippen molar-refractivity contribution in [3.8, 4) is 5.75 Å². The molecule has 0 bridgehead atoms. The van der Waals surface area contributed by atoms with Gasteiger partial charge in [0.1, 0.15) is 11.4 Å². The lowest BCUT2D eigenvalue weighted by molar-refractivity contribution is 0.0523. The molecule has 0 aromatic heterocycles. The quantitative estimate of drug-likeness (QED) is 0.867. The van der Waals surface area contributed by atoms with Crippen molar-refractivity contribution in [3.05, 3.63) is 60.2 Å². The van der Waals surface area contributed by atoms with Gasteiger partial charge in [-0.3, -0.25) is 5.32 Å². The van der Waals surface area contributed by atoms with Crippen LogP contribution in [0.3, 0.4) is 0 Å². The second-order valence-corrected chi connectivity index (χ2v) is 6.38. The maximum atomic E-state index is 11.8. The highest BCUT2D eigenvalue weighted by Crippen LogP contribution is 2.13. The van der Waals surface area contributed by atoms with Gasteiger partial charge in [-0.25, -0.2) is 9.59 Å². The van der Waals surface area contributed by atoms with E-state index in [-0.39, 0.29) is 0 Å². The van der Waals surface area contributed by atoms with Crippen LogP contribution in [0.4, 0.5) is 15.3 Å². The normalized spacial score (nSPS) is 10.7. The van der Waals surface area contributed by atoms with Crippen molar-refractivity contribution in [2.24, 2.45) is 0 Å². The Labute approximate surface area is 147 Å². The summed E-state index contributed by atoms with van der Waals surface area (Å²) in [5.41, 5.74) is 0.951. The summed E-state index contributed by atoms with van der Waals surface area (Å²) in [6.45, 7) is 5.76. The van der Waals surface area contributed by atoms with Gasteiger partial charge in [0.25, 0.3) is 0 Å². The number of ether oxygens (including phenoxy) is 2. The molecule has 2 N–H and O–H groups in total. The number of para-hydroxylation sites is 1. The molecule has 2 rings (SSSR count). The van der Waals surface area contributed by atoms with E-state index in [0.717, 1.165) is 5.56 Å². The molecule has 0 aliphatic rings. The Balaban J connectivity index is 1.81. The van der Waals surface area contributed by atoms with Crippen LogP contribution in [0.15, 0.2) is 54.6 Å². The smallest absolute Gasteiger partial charge is 0.417 e. The van der Waals surface area contributed by atoms with Gasteiger partial charge in [-0.05, 0) is 50.6 Å². The number of hydrogen-bond acceptors (Lipinski definition) is 4. The molecule has 6 heteroatoms. The highest BCUT2D eigenvalue weighted by atomic mass is 16.6. The lowest BCUT2D eigenvalue weighted by Crippen LogP contribution is -2.32. The van der Waals surface area contributed by atoms with Crippen LogP contribution < -0.4 is 15.4 Å². The van der Waals surface area contributed by atoms with Gasteiger partial charge >= 0.3 is 12.2 Å². The number of nitrogens with one attached hydrogen (secondary N) is 2. The molecule has 132 valence electrons. The molecular weight excluding hydrogens is 320 g/mol. The minimum Gasteiger partial charge on any atom is -0.444 e. The van der Waals surface area contributed by atoms with E-state index in [1.807, 2.05) is 26.8 Å². The van der Waals surface area contributed by atoms with Gasteiger partial charge < -0.3 is 14.8 Å². The summed E-state index contributed by atoms with van der Waals surface area (Å²) in [5.74, 6) is 0.471. The first kappa shape index (κ1) is 18.3. The first-order valence-corrected chi connectivity index (χ1v) is 7.91. The molecule has 0 saturated heterocycles. The fourth-order valence-corrected chi connectivity index (χ4v) is 1.93. The molecule has 25 heavy (non-hydrogen) atoms. The summed E-state index contributed by atoms with van der Waals surface area (Å²) in [5, 5.41) is 5.32. The molecule has 0 fully saturated rings. The number of anilines is 1. The first-order valence-electron chi connectivity index (χ1n) is 7.91. The lowest BCUT2D eigenvalue weighted by atomic mass is 10.2. The second kappa shape index (κ2) is 8.19. The molecular formula is C19H22N2O4. The van der Waals surface area contributed by atoms with Crippen LogP contribution in [0.25, 0.3) is 0 Å². The Kier molecular flexibility index (Phi) is 6.00. The number of amides is 2. The number of rotatable bonds is 4. The minimum absolute atomic E-state index is 0.337. The number of benzene rings is 2. The molecule has 2 aromatic carbocycles. The second-order valence-electron chi connectivity index (χ2n) is 6.38. The molecule has 0 heterocycles. The van der Waals surface area contributed by atoms with Gasteiger partial charge in [0.05, 0.1) is 0 Å². The van der Waals surface area contributed by atoms with Crippen molar-refractivity contribution in [2.45, 2.75) is 32.9 Å². The van der Waals surface area contributed by atoms with Gasteiger partial charge in [-0.2, -0.15) is 0 Å². The van der Waals surface area contributed by atoms with Crippen molar-refractivity contribution in [3.63, 3.8) is 0 Å². The largest absolute Gasteiger partial charge is 0.444 e. The van der Waals surface area contributed by atoms with E-state index >= 15 is 0 Å². The Morgan fingerprint density at radius 1 is 0.920 bits per heavy atom. The summed E-state index contributed by atoms with van der Waals surface area (Å²) >= 11 is 0. The molecule has 2 aromatic rings. The Morgan fingerprint density at radius 3 is 2.16 bits per heavy atom. The standard InChI is InChI=1S/C19H22N2O4/c1-19(2,3)25-17(22)20-13-14-9-11-15(12-10-14)21-18(23)24-16-7-5-4-6-8-16/h4-12H,13H2,1-3H3,(H,20,22)(H,21,23). The molecule has 0 radical (unpaired) electrons. The van der Waals surface area contributed by atoms with E-state index in [2.05, 4.69) is 10.6 Å². The minimum atomic E-state index is -0.564. The molecule has 0 aliphatic carbocycles. The van der Waals surface area contributed by atoms with Gasteiger partial charge in [-0.15, -0.1) is 0 Å². The van der Waals surface area contributed by atoms with Crippen molar-refractivity contribution in [1.82, 2.24) is 5.32 Å². The molecule has 0 atom stereocenters.